The molecule has 182 valence electrons. The Kier molecular flexibility index (Phi) is 6.62. The minimum atomic E-state index is -0.817. The molecule has 0 spiro atoms. The van der Waals surface area contributed by atoms with Crippen molar-refractivity contribution in [3.8, 4) is 5.82 Å². The van der Waals surface area contributed by atoms with Crippen LogP contribution in [0, 0.1) is 0 Å². The number of para-hydroxylation sites is 2. The summed E-state index contributed by atoms with van der Waals surface area (Å²) in [7, 11) is 0. The highest BCUT2D eigenvalue weighted by molar-refractivity contribution is 6.39. The second-order valence-corrected chi connectivity index (χ2v) is 8.01. The molecule has 3 amide bonds. The van der Waals surface area contributed by atoms with Gasteiger partial charge in [0.15, 0.2) is 0 Å². The third-order valence-corrected chi connectivity index (χ3v) is 5.45. The van der Waals surface area contributed by atoms with Crippen molar-refractivity contribution in [3.63, 3.8) is 0 Å². The van der Waals surface area contributed by atoms with Crippen LogP contribution >= 0.6 is 0 Å². The number of pyridine rings is 2. The number of carbonyl (C=O) groups excluding carboxylic acids is 3. The minimum absolute atomic E-state index is 0.102. The molecule has 3 aromatic heterocycles. The zero-order valence-corrected chi connectivity index (χ0v) is 19.5. The van der Waals surface area contributed by atoms with Crippen LogP contribution in [0.1, 0.15) is 16.1 Å². The van der Waals surface area contributed by atoms with E-state index in [0.29, 0.717) is 28.5 Å². The molecule has 0 aliphatic carbocycles. The summed E-state index contributed by atoms with van der Waals surface area (Å²) in [6.07, 6.45) is 4.69. The first-order valence-corrected chi connectivity index (χ1v) is 11.4. The molecule has 0 saturated heterocycles. The van der Waals surface area contributed by atoms with Gasteiger partial charge in [-0.25, -0.2) is 9.97 Å². The van der Waals surface area contributed by atoms with Crippen LogP contribution in [-0.2, 0) is 16.1 Å². The van der Waals surface area contributed by atoms with Crippen molar-refractivity contribution in [1.29, 1.82) is 0 Å². The maximum atomic E-state index is 12.4. The molecule has 0 aliphatic rings. The summed E-state index contributed by atoms with van der Waals surface area (Å²) >= 11 is 0. The van der Waals surface area contributed by atoms with E-state index in [1.807, 2.05) is 28.8 Å². The van der Waals surface area contributed by atoms with E-state index >= 15 is 0 Å². The van der Waals surface area contributed by atoms with Gasteiger partial charge in [0.2, 0.25) is 0 Å². The van der Waals surface area contributed by atoms with Crippen LogP contribution in [-0.4, -0.2) is 37.2 Å². The van der Waals surface area contributed by atoms with Gasteiger partial charge in [-0.15, -0.1) is 0 Å². The average molecular weight is 492 g/mol. The molecule has 0 radical (unpaired) electrons. The SMILES string of the molecule is O=C(NCc1cccc(NC(=O)c2ccccn2)c1)C(=O)Nc1ccc(-n2cnc3ccccc32)nc1. The Bertz CT molecular complexity index is 1580. The molecule has 10 nitrogen and oxygen atoms in total. The lowest BCUT2D eigenvalue weighted by Crippen LogP contribution is -2.35. The van der Waals surface area contributed by atoms with Gasteiger partial charge in [-0.3, -0.25) is 23.9 Å². The Morgan fingerprint density at radius 1 is 0.757 bits per heavy atom. The summed E-state index contributed by atoms with van der Waals surface area (Å²) in [6, 6.07) is 23.1. The number of imidazole rings is 1. The molecule has 3 heterocycles. The highest BCUT2D eigenvalue weighted by atomic mass is 16.2. The zero-order chi connectivity index (χ0) is 25.6. The molecule has 0 fully saturated rings. The molecule has 37 heavy (non-hydrogen) atoms. The van der Waals surface area contributed by atoms with Gasteiger partial charge >= 0.3 is 11.8 Å². The van der Waals surface area contributed by atoms with Gasteiger partial charge in [-0.1, -0.05) is 30.3 Å². The number of anilines is 2. The Hall–Kier alpha value is -5.38. The summed E-state index contributed by atoms with van der Waals surface area (Å²) in [6.45, 7) is 0.102. The number of amides is 3. The van der Waals surface area contributed by atoms with Crippen LogP contribution in [0.15, 0.2) is 97.6 Å². The minimum Gasteiger partial charge on any atom is -0.344 e. The second-order valence-electron chi connectivity index (χ2n) is 8.01. The van der Waals surface area contributed by atoms with E-state index in [2.05, 4.69) is 30.9 Å². The van der Waals surface area contributed by atoms with E-state index in [1.54, 1.807) is 60.9 Å². The second kappa shape index (κ2) is 10.5. The van der Waals surface area contributed by atoms with Crippen molar-refractivity contribution in [2.45, 2.75) is 6.54 Å². The summed E-state index contributed by atoms with van der Waals surface area (Å²) in [5, 5.41) is 7.88. The molecule has 0 saturated carbocycles. The van der Waals surface area contributed by atoms with Gasteiger partial charge in [0.1, 0.15) is 17.8 Å². The molecule has 0 atom stereocenters. The summed E-state index contributed by atoms with van der Waals surface area (Å²) in [4.78, 5) is 49.7. The van der Waals surface area contributed by atoms with Gasteiger partial charge in [-0.05, 0) is 54.1 Å². The molecule has 0 aliphatic heterocycles. The standard InChI is InChI=1S/C27H21N7O3/c35-25(22-9-3-4-13-28-22)32-19-7-5-6-18(14-19)15-30-26(36)27(37)33-20-11-12-24(29-16-20)34-17-31-21-8-1-2-10-23(21)34/h1-14,16-17H,15H2,(H,30,36)(H,32,35)(H,33,37). The third kappa shape index (κ3) is 5.49. The molecular weight excluding hydrogens is 470 g/mol. The first-order valence-electron chi connectivity index (χ1n) is 11.4. The Balaban J connectivity index is 1.16. The predicted octanol–water partition coefficient (Wildman–Crippen LogP) is 3.32. The molecule has 2 aromatic carbocycles. The van der Waals surface area contributed by atoms with E-state index in [-0.39, 0.29) is 12.5 Å². The number of hydrogen-bond acceptors (Lipinski definition) is 6. The van der Waals surface area contributed by atoms with Gasteiger partial charge in [-0.2, -0.15) is 0 Å². The number of hydrogen-bond donors (Lipinski definition) is 3. The zero-order valence-electron chi connectivity index (χ0n) is 19.5. The first-order chi connectivity index (χ1) is 18.1. The van der Waals surface area contributed by atoms with Crippen molar-refractivity contribution in [2.24, 2.45) is 0 Å². The van der Waals surface area contributed by atoms with E-state index in [1.165, 1.54) is 12.4 Å². The number of nitrogens with zero attached hydrogens (tertiary/aromatic N) is 4. The number of nitrogens with one attached hydrogen (secondary N) is 3. The van der Waals surface area contributed by atoms with Gasteiger partial charge in [0.25, 0.3) is 5.91 Å². The van der Waals surface area contributed by atoms with E-state index < -0.39 is 11.8 Å². The quantitative estimate of drug-likeness (QED) is 0.312. The molecule has 0 unspecified atom stereocenters. The number of benzene rings is 2. The predicted molar refractivity (Wildman–Crippen MR) is 138 cm³/mol. The fourth-order valence-electron chi connectivity index (χ4n) is 3.65. The maximum Gasteiger partial charge on any atom is 0.313 e. The molecule has 3 N–H and O–H groups in total. The number of aromatic nitrogens is 4. The maximum absolute atomic E-state index is 12.4. The molecule has 0 bridgehead atoms. The highest BCUT2D eigenvalue weighted by Crippen LogP contribution is 2.17. The molecule has 10 heteroatoms. The lowest BCUT2D eigenvalue weighted by Gasteiger charge is -2.09. The fraction of sp³-hybridized carbons (Fsp3) is 0.0370. The summed E-state index contributed by atoms with van der Waals surface area (Å²) in [5.41, 5.74) is 3.68. The van der Waals surface area contributed by atoms with Crippen molar-refractivity contribution in [2.75, 3.05) is 10.6 Å². The number of fused-ring (bicyclic) bond motifs is 1. The van der Waals surface area contributed by atoms with Crippen molar-refractivity contribution in [3.05, 3.63) is 109 Å². The van der Waals surface area contributed by atoms with Gasteiger partial charge in [0, 0.05) is 18.4 Å². The molecule has 5 aromatic rings. The highest BCUT2D eigenvalue weighted by Gasteiger charge is 2.14. The van der Waals surface area contributed by atoms with Crippen molar-refractivity contribution >= 4 is 40.1 Å². The lowest BCUT2D eigenvalue weighted by molar-refractivity contribution is -0.136. The van der Waals surface area contributed by atoms with Crippen molar-refractivity contribution in [1.82, 2.24) is 24.8 Å². The van der Waals surface area contributed by atoms with Gasteiger partial charge in [0.05, 0.1) is 22.9 Å². The summed E-state index contributed by atoms with van der Waals surface area (Å²) in [5.74, 6) is -1.33. The van der Waals surface area contributed by atoms with Gasteiger partial charge < -0.3 is 16.0 Å². The average Bonchev–Trinajstić information content (AvgIpc) is 3.37. The number of carbonyl (C=O) groups is 3. The van der Waals surface area contributed by atoms with Crippen LogP contribution in [0.5, 0.6) is 0 Å². The third-order valence-electron chi connectivity index (χ3n) is 5.45. The smallest absolute Gasteiger partial charge is 0.313 e. The Labute approximate surface area is 211 Å². The van der Waals surface area contributed by atoms with Crippen molar-refractivity contribution < 1.29 is 14.4 Å². The Morgan fingerprint density at radius 3 is 2.43 bits per heavy atom. The largest absolute Gasteiger partial charge is 0.344 e. The Morgan fingerprint density at radius 2 is 1.62 bits per heavy atom. The molecular formula is C27H21N7O3. The summed E-state index contributed by atoms with van der Waals surface area (Å²) < 4.78 is 1.83. The normalized spacial score (nSPS) is 10.6. The van der Waals surface area contributed by atoms with Crippen LogP contribution < -0.4 is 16.0 Å². The van der Waals surface area contributed by atoms with Crippen LogP contribution in [0.3, 0.4) is 0 Å². The fourth-order valence-corrected chi connectivity index (χ4v) is 3.65. The topological polar surface area (TPSA) is 131 Å². The van der Waals surface area contributed by atoms with Crippen LogP contribution in [0.25, 0.3) is 16.9 Å². The first kappa shape index (κ1) is 23.4. The van der Waals surface area contributed by atoms with E-state index in [4.69, 9.17) is 0 Å². The lowest BCUT2D eigenvalue weighted by atomic mass is 10.2. The van der Waals surface area contributed by atoms with Crippen LogP contribution in [0.4, 0.5) is 11.4 Å². The van der Waals surface area contributed by atoms with E-state index in [0.717, 1.165) is 11.0 Å². The van der Waals surface area contributed by atoms with E-state index in [9.17, 15) is 14.4 Å². The van der Waals surface area contributed by atoms with Crippen LogP contribution in [0.2, 0.25) is 0 Å². The monoisotopic (exact) mass is 491 g/mol. The molecule has 5 rings (SSSR count). The number of rotatable bonds is 6.